The summed E-state index contributed by atoms with van der Waals surface area (Å²) >= 11 is 0. The maximum Gasteiger partial charge on any atom is 0.306 e. The molecule has 7 nitrogen and oxygen atoms in total. The molecule has 0 aliphatic rings. The maximum absolute atomic E-state index is 11.2. The van der Waals surface area contributed by atoms with Crippen molar-refractivity contribution >= 4 is 31.6 Å². The van der Waals surface area contributed by atoms with Gasteiger partial charge in [0.05, 0.1) is 18.2 Å². The second-order valence-corrected chi connectivity index (χ2v) is 7.25. The molecule has 0 aliphatic carbocycles. The zero-order valence-electron chi connectivity index (χ0n) is 10.5. The van der Waals surface area contributed by atoms with Crippen molar-refractivity contribution < 1.29 is 25.8 Å². The van der Waals surface area contributed by atoms with Crippen LogP contribution in [0.5, 0.6) is 5.75 Å². The van der Waals surface area contributed by atoms with Crippen LogP contribution in [-0.4, -0.2) is 35.1 Å². The van der Waals surface area contributed by atoms with E-state index >= 15 is 0 Å². The summed E-state index contributed by atoms with van der Waals surface area (Å²) in [6, 6.07) is 3.79. The zero-order chi connectivity index (χ0) is 14.8. The van der Waals surface area contributed by atoms with E-state index in [1.807, 2.05) is 0 Å². The molecule has 0 aromatic heterocycles. The van der Waals surface area contributed by atoms with Crippen LogP contribution in [0.25, 0.3) is 0 Å². The van der Waals surface area contributed by atoms with E-state index in [1.165, 1.54) is 19.1 Å². The van der Waals surface area contributed by atoms with Crippen LogP contribution in [0, 0.1) is 0 Å². The molecule has 0 aliphatic heterocycles. The Morgan fingerprint density at radius 1 is 1.16 bits per heavy atom. The summed E-state index contributed by atoms with van der Waals surface area (Å²) in [5.74, 6) is -0.551. The van der Waals surface area contributed by atoms with Gasteiger partial charge in [-0.3, -0.25) is 9.52 Å². The van der Waals surface area contributed by atoms with Gasteiger partial charge in [0.1, 0.15) is 0 Å². The monoisotopic (exact) mass is 307 g/mol. The molecule has 0 heterocycles. The van der Waals surface area contributed by atoms with Crippen LogP contribution in [0.1, 0.15) is 17.3 Å². The number of anilines is 1. The number of nitrogens with one attached hydrogen (secondary N) is 1. The number of sulfonamides is 1. The molecule has 1 N–H and O–H groups in total. The predicted molar refractivity (Wildman–Crippen MR) is 70.4 cm³/mol. The molecule has 1 rings (SSSR count). The van der Waals surface area contributed by atoms with Crippen molar-refractivity contribution in [2.45, 2.75) is 6.92 Å². The van der Waals surface area contributed by atoms with Gasteiger partial charge in [-0.1, -0.05) is 0 Å². The third kappa shape index (κ3) is 5.26. The molecule has 0 saturated carbocycles. The number of carbonyl (C=O) groups is 1. The van der Waals surface area contributed by atoms with Crippen molar-refractivity contribution in [1.29, 1.82) is 0 Å². The number of hydrogen-bond acceptors (Lipinski definition) is 6. The highest BCUT2D eigenvalue weighted by Crippen LogP contribution is 2.28. The lowest BCUT2D eigenvalue weighted by Gasteiger charge is -2.11. The van der Waals surface area contributed by atoms with Crippen molar-refractivity contribution in [2.24, 2.45) is 0 Å². The minimum Gasteiger partial charge on any atom is -0.380 e. The van der Waals surface area contributed by atoms with Gasteiger partial charge in [0.25, 0.3) is 0 Å². The number of Topliss-reactive ketones (excluding diaryl/α,β-unsaturated/α-hetero) is 1. The Hall–Kier alpha value is -1.61. The third-order valence-electron chi connectivity index (χ3n) is 1.92. The van der Waals surface area contributed by atoms with Crippen LogP contribution in [0.2, 0.25) is 0 Å². The molecule has 1 aromatic rings. The highest BCUT2D eigenvalue weighted by molar-refractivity contribution is 7.92. The van der Waals surface area contributed by atoms with E-state index in [2.05, 4.69) is 8.91 Å². The zero-order valence-corrected chi connectivity index (χ0v) is 12.1. The number of rotatable bonds is 5. The molecular weight excluding hydrogens is 294 g/mol. The van der Waals surface area contributed by atoms with Gasteiger partial charge >= 0.3 is 10.1 Å². The normalized spacial score (nSPS) is 11.9. The van der Waals surface area contributed by atoms with E-state index in [0.29, 0.717) is 0 Å². The minimum atomic E-state index is -3.84. The van der Waals surface area contributed by atoms with Crippen molar-refractivity contribution in [3.63, 3.8) is 0 Å². The summed E-state index contributed by atoms with van der Waals surface area (Å²) in [6.45, 7) is 1.29. The Kier molecular flexibility index (Phi) is 4.21. The van der Waals surface area contributed by atoms with E-state index in [0.717, 1.165) is 18.6 Å². The SMILES string of the molecule is CC(=O)c1ccc(NS(C)(=O)=O)c(OS(C)(=O)=O)c1. The van der Waals surface area contributed by atoms with Gasteiger partial charge in [0.15, 0.2) is 11.5 Å². The summed E-state index contributed by atoms with van der Waals surface area (Å²) in [7, 11) is -7.44. The lowest BCUT2D eigenvalue weighted by molar-refractivity contribution is 0.101. The molecule has 1 aromatic carbocycles. The van der Waals surface area contributed by atoms with Gasteiger partial charge in [-0.25, -0.2) is 8.42 Å². The maximum atomic E-state index is 11.2. The molecule has 0 amide bonds. The Balaban J connectivity index is 3.34. The first kappa shape index (κ1) is 15.4. The van der Waals surface area contributed by atoms with Crippen LogP contribution >= 0.6 is 0 Å². The summed E-state index contributed by atoms with van der Waals surface area (Å²) in [6.07, 6.45) is 1.73. The molecule has 0 unspecified atom stereocenters. The van der Waals surface area contributed by atoms with Gasteiger partial charge in [-0.2, -0.15) is 8.42 Å². The minimum absolute atomic E-state index is 0.0575. The van der Waals surface area contributed by atoms with Crippen LogP contribution in [0.15, 0.2) is 18.2 Å². The molecule has 0 bridgehead atoms. The molecule has 0 fully saturated rings. The summed E-state index contributed by atoms with van der Waals surface area (Å²) < 4.78 is 51.3. The van der Waals surface area contributed by atoms with Crippen LogP contribution in [0.4, 0.5) is 5.69 Å². The number of benzene rings is 1. The third-order valence-corrected chi connectivity index (χ3v) is 3.00. The summed E-state index contributed by atoms with van der Waals surface area (Å²) in [4.78, 5) is 11.2. The molecule has 106 valence electrons. The molecule has 0 atom stereocenters. The van der Waals surface area contributed by atoms with Crippen molar-refractivity contribution in [3.8, 4) is 5.75 Å². The Morgan fingerprint density at radius 3 is 2.16 bits per heavy atom. The summed E-state index contributed by atoms with van der Waals surface area (Å²) in [5, 5.41) is 0. The van der Waals surface area contributed by atoms with Crippen molar-refractivity contribution in [1.82, 2.24) is 0 Å². The predicted octanol–water partition coefficient (Wildman–Crippen LogP) is 0.599. The number of ketones is 1. The van der Waals surface area contributed by atoms with Gasteiger partial charge in [0.2, 0.25) is 10.0 Å². The highest BCUT2D eigenvalue weighted by Gasteiger charge is 2.15. The Morgan fingerprint density at radius 2 is 1.74 bits per heavy atom. The standard InChI is InChI=1S/C10H13NO6S2/c1-7(12)8-4-5-9(11-18(2,13)14)10(6-8)17-19(3,15)16/h4-6,11H,1-3H3. The van der Waals surface area contributed by atoms with Gasteiger partial charge < -0.3 is 4.18 Å². The van der Waals surface area contributed by atoms with Crippen molar-refractivity contribution in [3.05, 3.63) is 23.8 Å². The van der Waals surface area contributed by atoms with Crippen molar-refractivity contribution in [2.75, 3.05) is 17.2 Å². The number of carbonyl (C=O) groups excluding carboxylic acids is 1. The first-order chi connectivity index (χ1) is 8.48. The van der Waals surface area contributed by atoms with E-state index in [-0.39, 0.29) is 22.8 Å². The topological polar surface area (TPSA) is 107 Å². The largest absolute Gasteiger partial charge is 0.380 e. The lowest BCUT2D eigenvalue weighted by Crippen LogP contribution is -2.13. The second kappa shape index (κ2) is 5.17. The smallest absolute Gasteiger partial charge is 0.306 e. The highest BCUT2D eigenvalue weighted by atomic mass is 32.2. The fraction of sp³-hybridized carbons (Fsp3) is 0.300. The lowest BCUT2D eigenvalue weighted by atomic mass is 10.1. The summed E-state index contributed by atoms with van der Waals surface area (Å²) in [5.41, 5.74) is 0.149. The first-order valence-corrected chi connectivity index (χ1v) is 8.71. The number of hydrogen-bond donors (Lipinski definition) is 1. The fourth-order valence-corrected chi connectivity index (χ4v) is 2.29. The molecule has 0 spiro atoms. The molecule has 0 saturated heterocycles. The van der Waals surface area contributed by atoms with Gasteiger partial charge in [-0.15, -0.1) is 0 Å². The van der Waals surface area contributed by atoms with E-state index in [9.17, 15) is 21.6 Å². The molecule has 19 heavy (non-hydrogen) atoms. The van der Waals surface area contributed by atoms with E-state index < -0.39 is 20.1 Å². The fourth-order valence-electron chi connectivity index (χ4n) is 1.26. The Labute approximate surface area is 111 Å². The molecular formula is C10H13NO6S2. The Bertz CT molecular complexity index is 706. The van der Waals surface area contributed by atoms with Crippen LogP contribution in [0.3, 0.4) is 0 Å². The average molecular weight is 307 g/mol. The van der Waals surface area contributed by atoms with E-state index in [1.54, 1.807) is 0 Å². The van der Waals surface area contributed by atoms with Crippen LogP contribution < -0.4 is 8.91 Å². The van der Waals surface area contributed by atoms with Gasteiger partial charge in [0, 0.05) is 5.56 Å². The van der Waals surface area contributed by atoms with Crippen LogP contribution in [-0.2, 0) is 20.1 Å². The molecule has 0 radical (unpaired) electrons. The quantitative estimate of drug-likeness (QED) is 0.630. The second-order valence-electron chi connectivity index (χ2n) is 3.93. The van der Waals surface area contributed by atoms with Gasteiger partial charge in [-0.05, 0) is 25.1 Å². The first-order valence-electron chi connectivity index (χ1n) is 5.00. The van der Waals surface area contributed by atoms with E-state index in [4.69, 9.17) is 0 Å². The molecule has 9 heteroatoms. The average Bonchev–Trinajstić information content (AvgIpc) is 2.15.